The van der Waals surface area contributed by atoms with Gasteiger partial charge in [0.2, 0.25) is 5.91 Å². The van der Waals surface area contributed by atoms with Crippen molar-refractivity contribution in [3.63, 3.8) is 0 Å². The maximum Gasteiger partial charge on any atom is 0.272 e. The van der Waals surface area contributed by atoms with Crippen molar-refractivity contribution in [2.24, 2.45) is 0 Å². The Morgan fingerprint density at radius 2 is 1.42 bits per heavy atom. The van der Waals surface area contributed by atoms with Crippen LogP contribution in [0.25, 0.3) is 6.08 Å². The summed E-state index contributed by atoms with van der Waals surface area (Å²) in [4.78, 5) is 41.4. The van der Waals surface area contributed by atoms with E-state index in [1.54, 1.807) is 66.7 Å². The Hall–Kier alpha value is -5.80. The summed E-state index contributed by atoms with van der Waals surface area (Å²) in [5.41, 5.74) is 3.94. The Morgan fingerprint density at radius 3 is 2.12 bits per heavy atom. The lowest BCUT2D eigenvalue weighted by atomic mass is 10.1. The molecule has 0 aliphatic heterocycles. The number of amides is 3. The van der Waals surface area contributed by atoms with Crippen molar-refractivity contribution in [2.75, 3.05) is 24.9 Å². The van der Waals surface area contributed by atoms with Crippen LogP contribution < -0.4 is 25.4 Å². The van der Waals surface area contributed by atoms with E-state index in [0.29, 0.717) is 28.3 Å². The van der Waals surface area contributed by atoms with E-state index in [-0.39, 0.29) is 11.6 Å². The first-order chi connectivity index (χ1) is 23.4. The highest BCUT2D eigenvalue weighted by molar-refractivity contribution is 8.00. The van der Waals surface area contributed by atoms with Crippen LogP contribution in [0.5, 0.6) is 11.5 Å². The molecular formula is C39H35N3O5S. The van der Waals surface area contributed by atoms with Crippen molar-refractivity contribution in [3.05, 3.63) is 155 Å². The zero-order valence-corrected chi connectivity index (χ0v) is 27.5. The highest BCUT2D eigenvalue weighted by atomic mass is 32.2. The van der Waals surface area contributed by atoms with Crippen LogP contribution >= 0.6 is 11.8 Å². The zero-order valence-electron chi connectivity index (χ0n) is 26.7. The highest BCUT2D eigenvalue weighted by Gasteiger charge is 2.23. The Kier molecular flexibility index (Phi) is 11.3. The fraction of sp³-hybridized carbons (Fsp3) is 0.103. The second kappa shape index (κ2) is 16.2. The van der Waals surface area contributed by atoms with Crippen molar-refractivity contribution in [1.82, 2.24) is 5.32 Å². The molecule has 5 aromatic carbocycles. The Morgan fingerprint density at radius 1 is 0.729 bits per heavy atom. The number of benzene rings is 5. The molecule has 0 aromatic heterocycles. The summed E-state index contributed by atoms with van der Waals surface area (Å²) in [6.45, 7) is 1.95. The molecule has 9 heteroatoms. The van der Waals surface area contributed by atoms with Gasteiger partial charge in [-0.05, 0) is 66.6 Å². The molecule has 0 heterocycles. The van der Waals surface area contributed by atoms with Crippen LogP contribution in [0.4, 0.5) is 11.4 Å². The molecule has 5 aromatic rings. The molecular weight excluding hydrogens is 623 g/mol. The minimum atomic E-state index is -0.571. The van der Waals surface area contributed by atoms with E-state index < -0.39 is 17.1 Å². The molecule has 0 spiro atoms. The number of hydrogen-bond donors (Lipinski definition) is 3. The van der Waals surface area contributed by atoms with Gasteiger partial charge in [0.15, 0.2) is 11.5 Å². The maximum atomic E-state index is 13.8. The van der Waals surface area contributed by atoms with Gasteiger partial charge in [0.05, 0.1) is 14.2 Å². The van der Waals surface area contributed by atoms with E-state index in [1.165, 1.54) is 32.1 Å². The van der Waals surface area contributed by atoms with Crippen molar-refractivity contribution in [2.45, 2.75) is 17.1 Å². The monoisotopic (exact) mass is 657 g/mol. The maximum absolute atomic E-state index is 13.8. The highest BCUT2D eigenvalue weighted by Crippen LogP contribution is 2.38. The van der Waals surface area contributed by atoms with E-state index >= 15 is 0 Å². The first-order valence-electron chi connectivity index (χ1n) is 15.1. The van der Waals surface area contributed by atoms with E-state index in [1.807, 2.05) is 67.6 Å². The van der Waals surface area contributed by atoms with Gasteiger partial charge in [0.1, 0.15) is 10.9 Å². The van der Waals surface area contributed by atoms with Crippen molar-refractivity contribution in [1.29, 1.82) is 0 Å². The molecule has 3 amide bonds. The van der Waals surface area contributed by atoms with Crippen LogP contribution in [0.3, 0.4) is 0 Å². The predicted octanol–water partition coefficient (Wildman–Crippen LogP) is 7.89. The largest absolute Gasteiger partial charge is 0.493 e. The predicted molar refractivity (Wildman–Crippen MR) is 191 cm³/mol. The summed E-state index contributed by atoms with van der Waals surface area (Å²) in [6.07, 6.45) is 1.54. The fourth-order valence-corrected chi connectivity index (χ4v) is 6.00. The molecule has 0 bridgehead atoms. The van der Waals surface area contributed by atoms with Crippen LogP contribution in [0.2, 0.25) is 0 Å². The number of carbonyl (C=O) groups is 3. The van der Waals surface area contributed by atoms with Crippen LogP contribution in [-0.4, -0.2) is 31.9 Å². The number of thioether (sulfide) groups is 1. The summed E-state index contributed by atoms with van der Waals surface area (Å²) in [6, 6.07) is 38.3. The summed E-state index contributed by atoms with van der Waals surface area (Å²) in [5, 5.41) is 8.16. The lowest BCUT2D eigenvalue weighted by molar-refractivity contribution is -0.116. The molecule has 48 heavy (non-hydrogen) atoms. The number of aryl methyl sites for hydroxylation is 1. The molecule has 0 radical (unpaired) electrons. The first-order valence-corrected chi connectivity index (χ1v) is 16.0. The van der Waals surface area contributed by atoms with Crippen LogP contribution in [0, 0.1) is 6.92 Å². The van der Waals surface area contributed by atoms with Crippen LogP contribution in [0.1, 0.15) is 32.3 Å². The lowest BCUT2D eigenvalue weighted by Crippen LogP contribution is -2.30. The molecule has 5 rings (SSSR count). The molecule has 0 saturated carbocycles. The fourth-order valence-electron chi connectivity index (χ4n) is 4.92. The van der Waals surface area contributed by atoms with Gasteiger partial charge in [-0.3, -0.25) is 14.4 Å². The summed E-state index contributed by atoms with van der Waals surface area (Å²) < 4.78 is 11.0. The zero-order chi connectivity index (χ0) is 33.9. The molecule has 8 nitrogen and oxygen atoms in total. The van der Waals surface area contributed by atoms with Gasteiger partial charge in [-0.15, -0.1) is 11.8 Å². The second-order valence-electron chi connectivity index (χ2n) is 10.7. The Balaban J connectivity index is 1.42. The van der Waals surface area contributed by atoms with Crippen molar-refractivity contribution < 1.29 is 23.9 Å². The van der Waals surface area contributed by atoms with Gasteiger partial charge in [0.25, 0.3) is 11.8 Å². The van der Waals surface area contributed by atoms with Crippen molar-refractivity contribution >= 4 is 46.9 Å². The topological polar surface area (TPSA) is 106 Å². The average molecular weight is 658 g/mol. The molecule has 3 N–H and O–H groups in total. The number of nitrogens with one attached hydrogen (secondary N) is 3. The number of hydrogen-bond acceptors (Lipinski definition) is 6. The summed E-state index contributed by atoms with van der Waals surface area (Å²) in [7, 11) is 3.03. The molecule has 242 valence electrons. The number of methoxy groups -OCH3 is 2. The first kappa shape index (κ1) is 33.6. The minimum Gasteiger partial charge on any atom is -0.493 e. The third kappa shape index (κ3) is 8.51. The van der Waals surface area contributed by atoms with Gasteiger partial charge >= 0.3 is 0 Å². The number of rotatable bonds is 12. The van der Waals surface area contributed by atoms with Gasteiger partial charge in [-0.2, -0.15) is 0 Å². The van der Waals surface area contributed by atoms with Gasteiger partial charge in [-0.25, -0.2) is 0 Å². The normalized spacial score (nSPS) is 11.6. The molecule has 0 aliphatic rings. The summed E-state index contributed by atoms with van der Waals surface area (Å²) >= 11 is 1.37. The third-order valence-electron chi connectivity index (χ3n) is 7.35. The number of carbonyl (C=O) groups excluding carboxylic acids is 3. The van der Waals surface area contributed by atoms with Crippen molar-refractivity contribution in [3.8, 4) is 11.5 Å². The molecule has 0 aliphatic carbocycles. The van der Waals surface area contributed by atoms with E-state index in [0.717, 1.165) is 21.7 Å². The molecule has 1 atom stereocenters. The second-order valence-corrected chi connectivity index (χ2v) is 11.8. The van der Waals surface area contributed by atoms with E-state index in [2.05, 4.69) is 16.0 Å². The quantitative estimate of drug-likeness (QED) is 0.0931. The molecule has 0 fully saturated rings. The number of anilines is 2. The number of para-hydroxylation sites is 2. The summed E-state index contributed by atoms with van der Waals surface area (Å²) in [5.74, 6) is -0.286. The van der Waals surface area contributed by atoms with E-state index in [4.69, 9.17) is 9.47 Å². The third-order valence-corrected chi connectivity index (χ3v) is 8.60. The van der Waals surface area contributed by atoms with Crippen LogP contribution in [0.15, 0.2) is 138 Å². The Labute approximate surface area is 284 Å². The SMILES string of the molecule is COc1cccc(/C=C(/NC(=O)c2ccccc2)C(=O)Nc2cccc(SC(C(=O)Nc3ccccc3C)c3ccccc3)c2)c1OC. The number of ether oxygens (including phenoxy) is 2. The standard InChI is InChI=1S/C39H35N3O5S/c1-26-14-10-11-22-32(26)41-39(45)36(27-15-6-4-7-16-27)48-31-21-13-20-30(25-31)40-38(44)33(42-37(43)28-17-8-5-9-18-28)24-29-19-12-23-34(46-2)35(29)47-3/h4-25,36H,1-3H3,(H,40,44)(H,41,45)(H,42,43)/b33-24+. The minimum absolute atomic E-state index is 0.00627. The Bertz CT molecular complexity index is 1930. The van der Waals surface area contributed by atoms with Crippen LogP contribution in [-0.2, 0) is 9.59 Å². The van der Waals surface area contributed by atoms with E-state index in [9.17, 15) is 14.4 Å². The lowest BCUT2D eigenvalue weighted by Gasteiger charge is -2.18. The van der Waals surface area contributed by atoms with Gasteiger partial charge in [-0.1, -0.05) is 84.9 Å². The average Bonchev–Trinajstić information content (AvgIpc) is 3.12. The molecule has 1 unspecified atom stereocenters. The molecule has 0 saturated heterocycles. The smallest absolute Gasteiger partial charge is 0.272 e. The van der Waals surface area contributed by atoms with Gasteiger partial charge in [0, 0.05) is 27.4 Å². The van der Waals surface area contributed by atoms with Gasteiger partial charge < -0.3 is 25.4 Å².